The Morgan fingerprint density at radius 2 is 1.73 bits per heavy atom. The monoisotopic (exact) mass is 209 g/mol. The molecule has 15 heavy (non-hydrogen) atoms. The van der Waals surface area contributed by atoms with E-state index in [9.17, 15) is 0 Å². The first kappa shape index (κ1) is 12.3. The van der Waals surface area contributed by atoms with Crippen molar-refractivity contribution in [3.05, 3.63) is 17.8 Å². The molecular weight excluding hydrogens is 186 g/mol. The van der Waals surface area contributed by atoms with Gasteiger partial charge in [0.2, 0.25) is 0 Å². The molecule has 2 heteroatoms. The van der Waals surface area contributed by atoms with Crippen molar-refractivity contribution in [2.45, 2.75) is 59.8 Å². The van der Waals surface area contributed by atoms with Crippen LogP contribution in [0.4, 0.5) is 0 Å². The molecule has 0 aromatic carbocycles. The van der Waals surface area contributed by atoms with Crippen LogP contribution in [0.2, 0.25) is 0 Å². The highest BCUT2D eigenvalue weighted by molar-refractivity contribution is 5.06. The second-order valence-electron chi connectivity index (χ2n) is 6.43. The molecule has 86 valence electrons. The molecule has 1 heterocycles. The molecule has 1 rings (SSSR count). The summed E-state index contributed by atoms with van der Waals surface area (Å²) in [4.78, 5) is 4.32. The summed E-state index contributed by atoms with van der Waals surface area (Å²) < 4.78 is 5.73. The molecule has 0 fully saturated rings. The Kier molecular flexibility index (Phi) is 3.27. The SMILES string of the molecule is CC(C)(C)CCc1ncc(C(C)(C)C)o1. The third-order valence-corrected chi connectivity index (χ3v) is 2.38. The van der Waals surface area contributed by atoms with Gasteiger partial charge in [0, 0.05) is 11.8 Å². The Bertz CT molecular complexity index is 312. The van der Waals surface area contributed by atoms with Gasteiger partial charge in [-0.2, -0.15) is 0 Å². The van der Waals surface area contributed by atoms with Crippen LogP contribution >= 0.6 is 0 Å². The van der Waals surface area contributed by atoms with Gasteiger partial charge in [0.1, 0.15) is 5.76 Å². The van der Waals surface area contributed by atoms with Crippen molar-refractivity contribution in [1.29, 1.82) is 0 Å². The molecule has 0 aliphatic rings. The minimum absolute atomic E-state index is 0.0625. The van der Waals surface area contributed by atoms with Crippen LogP contribution in [0.3, 0.4) is 0 Å². The molecule has 0 N–H and O–H groups in total. The van der Waals surface area contributed by atoms with Crippen molar-refractivity contribution in [3.8, 4) is 0 Å². The summed E-state index contributed by atoms with van der Waals surface area (Å²) in [6.07, 6.45) is 3.90. The lowest BCUT2D eigenvalue weighted by Crippen LogP contribution is -2.09. The Balaban J connectivity index is 2.62. The molecule has 0 unspecified atom stereocenters. The predicted octanol–water partition coefficient (Wildman–Crippen LogP) is 3.95. The lowest BCUT2D eigenvalue weighted by molar-refractivity contribution is 0.335. The number of hydrogen-bond acceptors (Lipinski definition) is 2. The highest BCUT2D eigenvalue weighted by atomic mass is 16.4. The van der Waals surface area contributed by atoms with E-state index in [1.54, 1.807) is 0 Å². The molecule has 0 bridgehead atoms. The van der Waals surface area contributed by atoms with Gasteiger partial charge in [0.25, 0.3) is 0 Å². The summed E-state index contributed by atoms with van der Waals surface area (Å²) in [5.74, 6) is 1.85. The van der Waals surface area contributed by atoms with Gasteiger partial charge in [0.05, 0.1) is 6.20 Å². The van der Waals surface area contributed by atoms with Gasteiger partial charge in [-0.15, -0.1) is 0 Å². The highest BCUT2D eigenvalue weighted by Gasteiger charge is 2.19. The number of rotatable bonds is 2. The summed E-state index contributed by atoms with van der Waals surface area (Å²) in [5, 5.41) is 0. The normalized spacial score (nSPS) is 13.2. The molecule has 0 radical (unpaired) electrons. The van der Waals surface area contributed by atoms with Crippen molar-refractivity contribution in [2.24, 2.45) is 5.41 Å². The molecule has 0 saturated heterocycles. The third kappa shape index (κ3) is 4.06. The fourth-order valence-corrected chi connectivity index (χ4v) is 1.25. The van der Waals surface area contributed by atoms with E-state index in [2.05, 4.69) is 46.5 Å². The van der Waals surface area contributed by atoms with Crippen LogP contribution < -0.4 is 0 Å². The molecule has 0 aliphatic carbocycles. The fraction of sp³-hybridized carbons (Fsp3) is 0.769. The van der Waals surface area contributed by atoms with Crippen LogP contribution in [0.1, 0.15) is 59.6 Å². The molecule has 0 atom stereocenters. The van der Waals surface area contributed by atoms with Gasteiger partial charge in [-0.1, -0.05) is 41.5 Å². The first-order chi connectivity index (χ1) is 6.68. The van der Waals surface area contributed by atoms with Gasteiger partial charge in [-0.3, -0.25) is 0 Å². The molecule has 0 aliphatic heterocycles. The van der Waals surface area contributed by atoms with Gasteiger partial charge < -0.3 is 4.42 Å². The van der Waals surface area contributed by atoms with Crippen molar-refractivity contribution in [3.63, 3.8) is 0 Å². The fourth-order valence-electron chi connectivity index (χ4n) is 1.25. The zero-order valence-corrected chi connectivity index (χ0v) is 10.8. The molecular formula is C13H23NO. The van der Waals surface area contributed by atoms with Crippen LogP contribution in [0, 0.1) is 5.41 Å². The van der Waals surface area contributed by atoms with E-state index in [4.69, 9.17) is 4.42 Å². The van der Waals surface area contributed by atoms with E-state index >= 15 is 0 Å². The quantitative estimate of drug-likeness (QED) is 0.737. The van der Waals surface area contributed by atoms with Crippen LogP contribution in [-0.2, 0) is 11.8 Å². The van der Waals surface area contributed by atoms with E-state index in [1.807, 2.05) is 6.20 Å². The highest BCUT2D eigenvalue weighted by Crippen LogP contribution is 2.25. The van der Waals surface area contributed by atoms with Crippen LogP contribution in [-0.4, -0.2) is 4.98 Å². The molecule has 1 aromatic heterocycles. The van der Waals surface area contributed by atoms with Crippen molar-refractivity contribution in [1.82, 2.24) is 4.98 Å². The Morgan fingerprint density at radius 3 is 2.13 bits per heavy atom. The molecule has 0 saturated carbocycles. The first-order valence-corrected chi connectivity index (χ1v) is 5.64. The number of aryl methyl sites for hydroxylation is 1. The van der Waals surface area contributed by atoms with Crippen molar-refractivity contribution >= 4 is 0 Å². The number of hydrogen-bond donors (Lipinski definition) is 0. The maximum Gasteiger partial charge on any atom is 0.194 e. The summed E-state index contributed by atoms with van der Waals surface area (Å²) in [5.41, 5.74) is 0.406. The summed E-state index contributed by atoms with van der Waals surface area (Å²) in [7, 11) is 0. The zero-order chi connectivity index (χ0) is 11.7. The van der Waals surface area contributed by atoms with E-state index in [0.717, 1.165) is 24.5 Å². The second kappa shape index (κ2) is 3.99. The minimum Gasteiger partial charge on any atom is -0.445 e. The predicted molar refractivity (Wildman–Crippen MR) is 63.0 cm³/mol. The number of aromatic nitrogens is 1. The average molecular weight is 209 g/mol. The van der Waals surface area contributed by atoms with Gasteiger partial charge in [0.15, 0.2) is 5.89 Å². The van der Waals surface area contributed by atoms with Gasteiger partial charge in [-0.05, 0) is 11.8 Å². The summed E-state index contributed by atoms with van der Waals surface area (Å²) in [6, 6.07) is 0. The van der Waals surface area contributed by atoms with E-state index in [1.165, 1.54) is 0 Å². The van der Waals surface area contributed by atoms with Crippen LogP contribution in [0.5, 0.6) is 0 Å². The average Bonchev–Trinajstić information content (AvgIpc) is 2.45. The minimum atomic E-state index is 0.0625. The van der Waals surface area contributed by atoms with E-state index in [-0.39, 0.29) is 5.41 Å². The topological polar surface area (TPSA) is 26.0 Å². The van der Waals surface area contributed by atoms with E-state index < -0.39 is 0 Å². The lowest BCUT2D eigenvalue weighted by Gasteiger charge is -2.16. The molecule has 0 amide bonds. The zero-order valence-electron chi connectivity index (χ0n) is 10.8. The van der Waals surface area contributed by atoms with Crippen molar-refractivity contribution < 1.29 is 4.42 Å². The lowest BCUT2D eigenvalue weighted by atomic mass is 9.91. The summed E-state index contributed by atoms with van der Waals surface area (Å²) in [6.45, 7) is 13.1. The molecule has 0 spiro atoms. The molecule has 2 nitrogen and oxygen atoms in total. The smallest absolute Gasteiger partial charge is 0.194 e. The Hall–Kier alpha value is -0.790. The van der Waals surface area contributed by atoms with Crippen molar-refractivity contribution in [2.75, 3.05) is 0 Å². The number of nitrogens with zero attached hydrogens (tertiary/aromatic N) is 1. The Labute approximate surface area is 93.1 Å². The first-order valence-electron chi connectivity index (χ1n) is 5.64. The van der Waals surface area contributed by atoms with E-state index in [0.29, 0.717) is 5.41 Å². The maximum absolute atomic E-state index is 5.73. The standard InChI is InChI=1S/C13H23NO/c1-12(2,3)8-7-11-14-9-10(15-11)13(4,5)6/h9H,7-8H2,1-6H3. The van der Waals surface area contributed by atoms with Crippen LogP contribution in [0.25, 0.3) is 0 Å². The number of oxazole rings is 1. The third-order valence-electron chi connectivity index (χ3n) is 2.38. The Morgan fingerprint density at radius 1 is 1.13 bits per heavy atom. The van der Waals surface area contributed by atoms with Crippen LogP contribution in [0.15, 0.2) is 10.6 Å². The maximum atomic E-state index is 5.73. The van der Waals surface area contributed by atoms with Gasteiger partial charge in [-0.25, -0.2) is 4.98 Å². The molecule has 1 aromatic rings. The largest absolute Gasteiger partial charge is 0.445 e. The van der Waals surface area contributed by atoms with Gasteiger partial charge >= 0.3 is 0 Å². The summed E-state index contributed by atoms with van der Waals surface area (Å²) >= 11 is 0. The second-order valence-corrected chi connectivity index (χ2v) is 6.43.